The van der Waals surface area contributed by atoms with E-state index in [9.17, 15) is 17.6 Å². The first kappa shape index (κ1) is 23.9. The van der Waals surface area contributed by atoms with Crippen LogP contribution in [-0.2, 0) is 14.8 Å². The molecule has 0 aliphatic rings. The number of nitrogens with two attached hydrogens (primary N) is 1. The average Bonchev–Trinajstić information content (AvgIpc) is 2.73. The van der Waals surface area contributed by atoms with Crippen LogP contribution in [0.2, 0.25) is 5.02 Å². The molecule has 0 atom stereocenters. The number of hydrogen-bond acceptors (Lipinski definition) is 7. The first-order valence-electron chi connectivity index (χ1n) is 9.16. The number of hydrogen-bond donors (Lipinski definition) is 2. The van der Waals surface area contributed by atoms with Crippen molar-refractivity contribution in [2.45, 2.75) is 11.9 Å². The van der Waals surface area contributed by atoms with Gasteiger partial charge in [-0.1, -0.05) is 11.6 Å². The maximum atomic E-state index is 13.8. The predicted molar refractivity (Wildman–Crippen MR) is 117 cm³/mol. The summed E-state index contributed by atoms with van der Waals surface area (Å²) in [7, 11) is -3.98. The first-order valence-corrected chi connectivity index (χ1v) is 11.1. The molecule has 1 amide bonds. The Morgan fingerprint density at radius 3 is 2.64 bits per heavy atom. The van der Waals surface area contributed by atoms with Gasteiger partial charge < -0.3 is 14.8 Å². The van der Waals surface area contributed by atoms with E-state index in [1.807, 2.05) is 6.07 Å². The van der Waals surface area contributed by atoms with Crippen molar-refractivity contribution in [1.29, 1.82) is 5.26 Å². The van der Waals surface area contributed by atoms with E-state index in [0.29, 0.717) is 0 Å². The summed E-state index contributed by atoms with van der Waals surface area (Å²) in [6.07, 6.45) is 0. The molecule has 33 heavy (non-hydrogen) atoms. The van der Waals surface area contributed by atoms with E-state index >= 15 is 0 Å². The van der Waals surface area contributed by atoms with Crippen molar-refractivity contribution in [1.82, 2.24) is 4.98 Å². The molecular weight excluding hydrogens is 475 g/mol. The molecule has 3 aromatic rings. The van der Waals surface area contributed by atoms with Crippen molar-refractivity contribution in [3.63, 3.8) is 0 Å². The van der Waals surface area contributed by atoms with E-state index in [0.717, 1.165) is 18.2 Å². The Kier molecular flexibility index (Phi) is 7.13. The third-order valence-corrected chi connectivity index (χ3v) is 5.15. The molecule has 170 valence electrons. The number of amides is 1. The smallest absolute Gasteiger partial charge is 0.262 e. The fourth-order valence-electron chi connectivity index (χ4n) is 2.65. The van der Waals surface area contributed by atoms with Gasteiger partial charge in [0.25, 0.3) is 15.9 Å². The van der Waals surface area contributed by atoms with Crippen LogP contribution in [0, 0.1) is 24.1 Å². The zero-order valence-electron chi connectivity index (χ0n) is 17.0. The van der Waals surface area contributed by atoms with Crippen LogP contribution in [0.25, 0.3) is 0 Å². The molecule has 0 saturated heterocycles. The van der Waals surface area contributed by atoms with Gasteiger partial charge >= 0.3 is 0 Å². The number of carbonyl (C=O) groups excluding carboxylic acids is 1. The van der Waals surface area contributed by atoms with E-state index in [4.69, 9.17) is 31.5 Å². The van der Waals surface area contributed by atoms with Crippen LogP contribution in [0.3, 0.4) is 0 Å². The lowest BCUT2D eigenvalue weighted by molar-refractivity contribution is -0.118. The van der Waals surface area contributed by atoms with Crippen LogP contribution in [0.15, 0.2) is 53.6 Å². The minimum absolute atomic E-state index is 0.0377. The van der Waals surface area contributed by atoms with Gasteiger partial charge in [-0.05, 0) is 49.4 Å². The molecule has 0 radical (unpaired) electrons. The normalized spacial score (nSPS) is 10.9. The third-order valence-electron chi connectivity index (χ3n) is 4.12. The Morgan fingerprint density at radius 2 is 1.97 bits per heavy atom. The molecule has 2 aromatic carbocycles. The quantitative estimate of drug-likeness (QED) is 0.515. The zero-order chi connectivity index (χ0) is 24.2. The van der Waals surface area contributed by atoms with E-state index in [-0.39, 0.29) is 44.2 Å². The molecule has 0 aliphatic carbocycles. The molecule has 1 heterocycles. The lowest BCUT2D eigenvalue weighted by atomic mass is 10.2. The van der Waals surface area contributed by atoms with Gasteiger partial charge in [-0.25, -0.2) is 22.9 Å². The summed E-state index contributed by atoms with van der Waals surface area (Å²) in [5.41, 5.74) is 0.734. The van der Waals surface area contributed by atoms with Crippen LogP contribution in [0.4, 0.5) is 10.1 Å². The Morgan fingerprint density at radius 1 is 1.21 bits per heavy atom. The molecule has 0 aliphatic heterocycles. The highest BCUT2D eigenvalue weighted by Crippen LogP contribution is 2.34. The largest absolute Gasteiger partial charge is 0.480 e. The number of rotatable bonds is 7. The highest BCUT2D eigenvalue weighted by Gasteiger charge is 2.15. The highest BCUT2D eigenvalue weighted by molar-refractivity contribution is 7.89. The average molecular weight is 491 g/mol. The minimum atomic E-state index is -3.98. The minimum Gasteiger partial charge on any atom is -0.480 e. The number of primary sulfonamides is 1. The van der Waals surface area contributed by atoms with Gasteiger partial charge in [0.15, 0.2) is 23.1 Å². The lowest BCUT2D eigenvalue weighted by Gasteiger charge is -2.14. The second-order valence-corrected chi connectivity index (χ2v) is 8.59. The van der Waals surface area contributed by atoms with Crippen LogP contribution in [0.1, 0.15) is 11.3 Å². The molecular formula is C21H16ClFN4O5S. The number of sulfonamides is 1. The summed E-state index contributed by atoms with van der Waals surface area (Å²) in [5.74, 6) is -1.00. The van der Waals surface area contributed by atoms with Crippen LogP contribution < -0.4 is 19.9 Å². The molecule has 0 unspecified atom stereocenters. The molecule has 3 N–H and O–H groups in total. The number of nitriles is 1. The van der Waals surface area contributed by atoms with E-state index < -0.39 is 28.4 Å². The van der Waals surface area contributed by atoms with E-state index in [1.165, 1.54) is 37.3 Å². The number of pyridine rings is 1. The molecule has 0 spiro atoms. The SMILES string of the molecule is Cc1nc(S(N)(=O)=O)ccc1NC(=O)COc1ccc(F)cc1Oc1cc(Cl)cc(C#N)c1. The van der Waals surface area contributed by atoms with Gasteiger partial charge in [-0.2, -0.15) is 5.26 Å². The van der Waals surface area contributed by atoms with E-state index in [2.05, 4.69) is 10.3 Å². The zero-order valence-corrected chi connectivity index (χ0v) is 18.6. The predicted octanol–water partition coefficient (Wildman–Crippen LogP) is 3.51. The molecule has 0 fully saturated rings. The van der Waals surface area contributed by atoms with Crippen molar-refractivity contribution in [3.05, 3.63) is 70.6 Å². The van der Waals surface area contributed by atoms with Gasteiger partial charge in [-0.15, -0.1) is 0 Å². The molecule has 0 bridgehead atoms. The van der Waals surface area contributed by atoms with Crippen molar-refractivity contribution >= 4 is 33.2 Å². The summed E-state index contributed by atoms with van der Waals surface area (Å²) in [6, 6.07) is 12.2. The number of nitrogens with one attached hydrogen (secondary N) is 1. The highest BCUT2D eigenvalue weighted by atomic mass is 35.5. The van der Waals surface area contributed by atoms with Gasteiger partial charge in [0, 0.05) is 11.1 Å². The fraction of sp³-hybridized carbons (Fsp3) is 0.0952. The van der Waals surface area contributed by atoms with Crippen molar-refractivity contribution in [2.75, 3.05) is 11.9 Å². The second kappa shape index (κ2) is 9.83. The van der Waals surface area contributed by atoms with Gasteiger partial charge in [0.05, 0.1) is 23.0 Å². The molecule has 1 aromatic heterocycles. The van der Waals surface area contributed by atoms with Crippen molar-refractivity contribution in [2.24, 2.45) is 5.14 Å². The first-order chi connectivity index (χ1) is 15.5. The standard InChI is InChI=1S/C21H16ClFN4O5S/c1-12-17(3-5-21(26-12)33(25,29)30)27-20(28)11-31-18-4-2-15(23)9-19(18)32-16-7-13(10-24)6-14(22)8-16/h2-9H,11H2,1H3,(H,27,28)(H2,25,29,30). The summed E-state index contributed by atoms with van der Waals surface area (Å²) < 4.78 is 47.6. The lowest BCUT2D eigenvalue weighted by Crippen LogP contribution is -2.21. The number of aromatic nitrogens is 1. The summed E-state index contributed by atoms with van der Waals surface area (Å²) in [6.45, 7) is 1.02. The fourth-order valence-corrected chi connectivity index (χ4v) is 3.40. The van der Waals surface area contributed by atoms with Crippen molar-refractivity contribution in [3.8, 4) is 23.3 Å². The number of aryl methyl sites for hydroxylation is 1. The third kappa shape index (κ3) is 6.39. The van der Waals surface area contributed by atoms with Crippen LogP contribution >= 0.6 is 11.6 Å². The molecule has 12 heteroatoms. The molecule has 3 rings (SSSR count). The Bertz CT molecular complexity index is 1380. The molecule has 0 saturated carbocycles. The number of nitrogens with zero attached hydrogens (tertiary/aromatic N) is 2. The van der Waals surface area contributed by atoms with Crippen LogP contribution in [-0.4, -0.2) is 25.9 Å². The Balaban J connectivity index is 1.72. The monoisotopic (exact) mass is 490 g/mol. The number of ether oxygens (including phenoxy) is 2. The summed E-state index contributed by atoms with van der Waals surface area (Å²) in [4.78, 5) is 16.2. The second-order valence-electron chi connectivity index (χ2n) is 6.64. The topological polar surface area (TPSA) is 144 Å². The summed E-state index contributed by atoms with van der Waals surface area (Å²) >= 11 is 5.96. The van der Waals surface area contributed by atoms with Gasteiger partial charge in [0.2, 0.25) is 0 Å². The maximum absolute atomic E-state index is 13.8. The Hall–Kier alpha value is -3.72. The number of anilines is 1. The molecule has 9 nitrogen and oxygen atoms in total. The van der Waals surface area contributed by atoms with E-state index in [1.54, 1.807) is 0 Å². The van der Waals surface area contributed by atoms with Crippen molar-refractivity contribution < 1.29 is 27.1 Å². The van der Waals surface area contributed by atoms with Gasteiger partial charge in [-0.3, -0.25) is 4.79 Å². The number of benzene rings is 2. The summed E-state index contributed by atoms with van der Waals surface area (Å²) in [5, 5.41) is 16.5. The van der Waals surface area contributed by atoms with Gasteiger partial charge in [0.1, 0.15) is 11.6 Å². The Labute approximate surface area is 193 Å². The maximum Gasteiger partial charge on any atom is 0.262 e. The number of halogens is 2. The number of carbonyl (C=O) groups is 1. The van der Waals surface area contributed by atoms with Crippen LogP contribution in [0.5, 0.6) is 17.2 Å².